The molecule has 2 aromatic rings. The summed E-state index contributed by atoms with van der Waals surface area (Å²) in [4.78, 5) is 0. The van der Waals surface area contributed by atoms with Crippen LogP contribution in [0.2, 0.25) is 5.02 Å². The van der Waals surface area contributed by atoms with E-state index in [1.54, 1.807) is 6.33 Å². The number of aromatic nitrogens is 3. The molecular weight excluding hydrogens is 236 g/mol. The van der Waals surface area contributed by atoms with E-state index < -0.39 is 0 Å². The zero-order valence-corrected chi connectivity index (χ0v) is 10.6. The largest absolute Gasteiger partial charge is 0.320 e. The van der Waals surface area contributed by atoms with Crippen molar-refractivity contribution in [1.29, 1.82) is 0 Å². The van der Waals surface area contributed by atoms with E-state index in [0.717, 1.165) is 10.8 Å². The number of hydrogen-bond donors (Lipinski definition) is 1. The number of hydrogen-bond acceptors (Lipinski definition) is 3. The molecule has 1 aromatic heterocycles. The maximum atomic E-state index is 5.85. The highest BCUT2D eigenvalue weighted by molar-refractivity contribution is 6.30. The molecule has 0 amide bonds. The summed E-state index contributed by atoms with van der Waals surface area (Å²) in [6, 6.07) is 8.10. The van der Waals surface area contributed by atoms with Crippen LogP contribution in [0.5, 0.6) is 0 Å². The Kier molecular flexibility index (Phi) is 3.76. The van der Waals surface area contributed by atoms with E-state index in [0.29, 0.717) is 6.54 Å². The predicted octanol–water partition coefficient (Wildman–Crippen LogP) is 2.32. The van der Waals surface area contributed by atoms with Gasteiger partial charge in [-0.2, -0.15) is 0 Å². The molecule has 4 nitrogen and oxygen atoms in total. The third-order valence-electron chi connectivity index (χ3n) is 2.74. The van der Waals surface area contributed by atoms with Gasteiger partial charge in [0.15, 0.2) is 0 Å². The lowest BCUT2D eigenvalue weighted by Crippen LogP contribution is -2.20. The first-order valence-corrected chi connectivity index (χ1v) is 5.86. The van der Waals surface area contributed by atoms with Crippen molar-refractivity contribution in [2.75, 3.05) is 0 Å². The zero-order valence-electron chi connectivity index (χ0n) is 9.89. The van der Waals surface area contributed by atoms with Gasteiger partial charge >= 0.3 is 0 Å². The molecule has 0 saturated carbocycles. The van der Waals surface area contributed by atoms with Gasteiger partial charge in [0.25, 0.3) is 0 Å². The molecule has 90 valence electrons. The van der Waals surface area contributed by atoms with Crippen molar-refractivity contribution < 1.29 is 0 Å². The van der Waals surface area contributed by atoms with Crippen molar-refractivity contribution in [3.05, 3.63) is 47.0 Å². The minimum atomic E-state index is 0.254. The normalized spacial score (nSPS) is 12.6. The summed E-state index contributed by atoms with van der Waals surface area (Å²) in [7, 11) is 1.93. The second kappa shape index (κ2) is 5.29. The van der Waals surface area contributed by atoms with Crippen molar-refractivity contribution in [1.82, 2.24) is 20.1 Å². The predicted molar refractivity (Wildman–Crippen MR) is 67.7 cm³/mol. The van der Waals surface area contributed by atoms with Gasteiger partial charge in [-0.15, -0.1) is 10.2 Å². The summed E-state index contributed by atoms with van der Waals surface area (Å²) < 4.78 is 1.90. The molecule has 1 N–H and O–H groups in total. The number of nitrogens with zero attached hydrogens (tertiary/aromatic N) is 3. The molecule has 0 fully saturated rings. The Hall–Kier alpha value is -1.39. The standard InChI is InChI=1S/C12H15ClN4/c1-9(10-3-5-11(13)6-4-10)14-7-12-16-15-8-17(12)2/h3-6,8-9,14H,7H2,1-2H3. The van der Waals surface area contributed by atoms with E-state index in [1.165, 1.54) is 5.56 Å². The molecular formula is C12H15ClN4. The van der Waals surface area contributed by atoms with Gasteiger partial charge in [-0.25, -0.2) is 0 Å². The Balaban J connectivity index is 1.95. The Morgan fingerprint density at radius 2 is 2.06 bits per heavy atom. The molecule has 0 aliphatic rings. The number of nitrogens with one attached hydrogen (secondary N) is 1. The third kappa shape index (κ3) is 3.05. The van der Waals surface area contributed by atoms with Crippen molar-refractivity contribution in [3.8, 4) is 0 Å². The lowest BCUT2D eigenvalue weighted by atomic mass is 10.1. The topological polar surface area (TPSA) is 42.7 Å². The van der Waals surface area contributed by atoms with Gasteiger partial charge in [0.2, 0.25) is 0 Å². The van der Waals surface area contributed by atoms with E-state index in [4.69, 9.17) is 11.6 Å². The zero-order chi connectivity index (χ0) is 12.3. The molecule has 5 heteroatoms. The highest BCUT2D eigenvalue weighted by Crippen LogP contribution is 2.16. The molecule has 17 heavy (non-hydrogen) atoms. The van der Waals surface area contributed by atoms with E-state index >= 15 is 0 Å². The fourth-order valence-electron chi connectivity index (χ4n) is 1.58. The first kappa shape index (κ1) is 12.1. The van der Waals surface area contributed by atoms with Gasteiger partial charge in [0.1, 0.15) is 12.2 Å². The van der Waals surface area contributed by atoms with E-state index in [1.807, 2.05) is 35.9 Å². The molecule has 0 bridgehead atoms. The quantitative estimate of drug-likeness (QED) is 0.906. The average Bonchev–Trinajstić information content (AvgIpc) is 2.73. The van der Waals surface area contributed by atoms with Crippen LogP contribution in [0.15, 0.2) is 30.6 Å². The van der Waals surface area contributed by atoms with Crippen LogP contribution in [0.1, 0.15) is 24.4 Å². The lowest BCUT2D eigenvalue weighted by molar-refractivity contribution is 0.548. The summed E-state index contributed by atoms with van der Waals surface area (Å²) in [5.41, 5.74) is 1.21. The van der Waals surface area contributed by atoms with Crippen LogP contribution in [0, 0.1) is 0 Å². The molecule has 1 heterocycles. The highest BCUT2D eigenvalue weighted by atomic mass is 35.5. The van der Waals surface area contributed by atoms with Crippen LogP contribution in [0.25, 0.3) is 0 Å². The first-order valence-electron chi connectivity index (χ1n) is 5.48. The Morgan fingerprint density at radius 1 is 1.35 bits per heavy atom. The smallest absolute Gasteiger partial charge is 0.146 e. The van der Waals surface area contributed by atoms with Gasteiger partial charge in [0.05, 0.1) is 6.54 Å². The third-order valence-corrected chi connectivity index (χ3v) is 2.99. The minimum absolute atomic E-state index is 0.254. The number of benzene rings is 1. The van der Waals surface area contributed by atoms with E-state index in [2.05, 4.69) is 22.4 Å². The van der Waals surface area contributed by atoms with Gasteiger partial charge in [-0.3, -0.25) is 0 Å². The van der Waals surface area contributed by atoms with Gasteiger partial charge in [0, 0.05) is 18.1 Å². The van der Waals surface area contributed by atoms with Gasteiger partial charge < -0.3 is 9.88 Å². The summed E-state index contributed by atoms with van der Waals surface area (Å²) in [6.45, 7) is 2.81. The molecule has 0 saturated heterocycles. The SMILES string of the molecule is CC(NCc1nncn1C)c1ccc(Cl)cc1. The van der Waals surface area contributed by atoms with Crippen molar-refractivity contribution >= 4 is 11.6 Å². The van der Waals surface area contributed by atoms with Crippen LogP contribution in [0.4, 0.5) is 0 Å². The summed E-state index contributed by atoms with van der Waals surface area (Å²) in [5.74, 6) is 0.922. The summed E-state index contributed by atoms with van der Waals surface area (Å²) in [5, 5.41) is 12.0. The maximum absolute atomic E-state index is 5.85. The maximum Gasteiger partial charge on any atom is 0.146 e. The minimum Gasteiger partial charge on any atom is -0.320 e. The molecule has 1 atom stereocenters. The summed E-state index contributed by atoms with van der Waals surface area (Å²) >= 11 is 5.85. The molecule has 0 spiro atoms. The van der Waals surface area contributed by atoms with E-state index in [9.17, 15) is 0 Å². The number of rotatable bonds is 4. The molecule has 0 aliphatic carbocycles. The van der Waals surface area contributed by atoms with Crippen LogP contribution in [-0.2, 0) is 13.6 Å². The Morgan fingerprint density at radius 3 is 2.65 bits per heavy atom. The monoisotopic (exact) mass is 250 g/mol. The fourth-order valence-corrected chi connectivity index (χ4v) is 1.71. The molecule has 0 radical (unpaired) electrons. The average molecular weight is 251 g/mol. The van der Waals surface area contributed by atoms with Crippen LogP contribution >= 0.6 is 11.6 Å². The van der Waals surface area contributed by atoms with Crippen molar-refractivity contribution in [2.45, 2.75) is 19.5 Å². The van der Waals surface area contributed by atoms with Gasteiger partial charge in [-0.1, -0.05) is 23.7 Å². The lowest BCUT2D eigenvalue weighted by Gasteiger charge is -2.13. The van der Waals surface area contributed by atoms with Crippen molar-refractivity contribution in [2.24, 2.45) is 7.05 Å². The van der Waals surface area contributed by atoms with Crippen molar-refractivity contribution in [3.63, 3.8) is 0 Å². The Labute approximate surface area is 106 Å². The summed E-state index contributed by atoms with van der Waals surface area (Å²) in [6.07, 6.45) is 1.70. The fraction of sp³-hybridized carbons (Fsp3) is 0.333. The van der Waals surface area contributed by atoms with Crippen LogP contribution < -0.4 is 5.32 Å². The molecule has 0 aliphatic heterocycles. The second-order valence-electron chi connectivity index (χ2n) is 4.01. The number of aryl methyl sites for hydroxylation is 1. The van der Waals surface area contributed by atoms with E-state index in [-0.39, 0.29) is 6.04 Å². The molecule has 2 rings (SSSR count). The second-order valence-corrected chi connectivity index (χ2v) is 4.45. The first-order chi connectivity index (χ1) is 8.16. The molecule has 1 unspecified atom stereocenters. The molecule has 1 aromatic carbocycles. The number of halogens is 1. The van der Waals surface area contributed by atoms with Gasteiger partial charge in [-0.05, 0) is 24.6 Å². The Bertz CT molecular complexity index is 478. The van der Waals surface area contributed by atoms with Crippen LogP contribution in [0.3, 0.4) is 0 Å². The highest BCUT2D eigenvalue weighted by Gasteiger charge is 2.06. The van der Waals surface area contributed by atoms with Crippen LogP contribution in [-0.4, -0.2) is 14.8 Å².